The number of rotatable bonds is 3. The van der Waals surface area contributed by atoms with Gasteiger partial charge in [-0.3, -0.25) is 0 Å². The average molecular weight is 299 g/mol. The van der Waals surface area contributed by atoms with Gasteiger partial charge in [-0.25, -0.2) is 9.18 Å². The summed E-state index contributed by atoms with van der Waals surface area (Å²) in [6, 6.07) is 1.89. The quantitative estimate of drug-likeness (QED) is 0.805. The number of ether oxygens (including phenoxy) is 2. The van der Waals surface area contributed by atoms with Gasteiger partial charge in [0.05, 0.1) is 17.1 Å². The summed E-state index contributed by atoms with van der Waals surface area (Å²) >= 11 is 2.82. The zero-order valence-electron chi connectivity index (χ0n) is 7.97. The van der Waals surface area contributed by atoms with Gasteiger partial charge in [-0.15, -0.1) is 0 Å². The summed E-state index contributed by atoms with van der Waals surface area (Å²) in [6.07, 6.45) is 0. The largest absolute Gasteiger partial charge is 0.465 e. The number of alkyl halides is 2. The van der Waals surface area contributed by atoms with Gasteiger partial charge in [0.2, 0.25) is 0 Å². The summed E-state index contributed by atoms with van der Waals surface area (Å²) in [4.78, 5) is 11.1. The van der Waals surface area contributed by atoms with Crippen molar-refractivity contribution < 1.29 is 27.4 Å². The van der Waals surface area contributed by atoms with E-state index < -0.39 is 24.1 Å². The zero-order valence-corrected chi connectivity index (χ0v) is 9.55. The number of hydrogen-bond acceptors (Lipinski definition) is 3. The molecule has 0 saturated heterocycles. The molecule has 0 fully saturated rings. The smallest absolute Gasteiger partial charge is 0.387 e. The second-order valence-corrected chi connectivity index (χ2v) is 3.49. The number of benzene rings is 1. The van der Waals surface area contributed by atoms with Gasteiger partial charge in [0, 0.05) is 0 Å². The van der Waals surface area contributed by atoms with E-state index in [2.05, 4.69) is 25.4 Å². The van der Waals surface area contributed by atoms with Gasteiger partial charge in [0.1, 0.15) is 0 Å². The number of methoxy groups -OCH3 is 1. The number of halogens is 4. The summed E-state index contributed by atoms with van der Waals surface area (Å²) in [6.45, 7) is -3.14. The fourth-order valence-electron chi connectivity index (χ4n) is 0.997. The first-order valence-corrected chi connectivity index (χ1v) is 4.77. The Hall–Kier alpha value is -1.24. The van der Waals surface area contributed by atoms with Crippen LogP contribution in [0, 0.1) is 5.82 Å². The van der Waals surface area contributed by atoms with Crippen molar-refractivity contribution in [1.29, 1.82) is 0 Å². The molecular formula is C9H6BrF3O3. The number of carbonyl (C=O) groups excluding carboxylic acids is 1. The molecule has 0 spiro atoms. The lowest BCUT2D eigenvalue weighted by Crippen LogP contribution is -2.07. The van der Waals surface area contributed by atoms with Crippen LogP contribution >= 0.6 is 15.9 Å². The molecular weight excluding hydrogens is 293 g/mol. The minimum atomic E-state index is -3.14. The lowest BCUT2D eigenvalue weighted by atomic mass is 10.2. The zero-order chi connectivity index (χ0) is 12.3. The van der Waals surface area contributed by atoms with Crippen LogP contribution in [0.25, 0.3) is 0 Å². The number of hydrogen-bond donors (Lipinski definition) is 0. The van der Waals surface area contributed by atoms with E-state index in [4.69, 9.17) is 0 Å². The van der Waals surface area contributed by atoms with Crippen LogP contribution in [0.3, 0.4) is 0 Å². The van der Waals surface area contributed by atoms with Crippen molar-refractivity contribution >= 4 is 21.9 Å². The van der Waals surface area contributed by atoms with Crippen molar-refractivity contribution in [3.63, 3.8) is 0 Å². The molecule has 1 aromatic rings. The van der Waals surface area contributed by atoms with Crippen LogP contribution in [0.1, 0.15) is 10.4 Å². The minimum absolute atomic E-state index is 0.0896. The van der Waals surface area contributed by atoms with Crippen molar-refractivity contribution in [2.75, 3.05) is 7.11 Å². The molecule has 88 valence electrons. The van der Waals surface area contributed by atoms with E-state index >= 15 is 0 Å². The Morgan fingerprint density at radius 3 is 2.50 bits per heavy atom. The third kappa shape index (κ3) is 2.88. The highest BCUT2D eigenvalue weighted by Crippen LogP contribution is 2.31. The van der Waals surface area contributed by atoms with Gasteiger partial charge < -0.3 is 9.47 Å². The lowest BCUT2D eigenvalue weighted by Gasteiger charge is -2.09. The molecule has 1 rings (SSSR count). The second-order valence-electron chi connectivity index (χ2n) is 2.64. The minimum Gasteiger partial charge on any atom is -0.465 e. The molecule has 0 unspecified atom stereocenters. The first-order chi connectivity index (χ1) is 7.45. The SMILES string of the molecule is COC(=O)c1cc(F)c(OC(F)F)c(Br)c1. The summed E-state index contributed by atoms with van der Waals surface area (Å²) in [5.41, 5.74) is -0.103. The fraction of sp³-hybridized carbons (Fsp3) is 0.222. The van der Waals surface area contributed by atoms with Crippen LogP contribution in [0.5, 0.6) is 5.75 Å². The molecule has 0 aliphatic heterocycles. The summed E-state index contributed by atoms with van der Waals surface area (Å²) in [7, 11) is 1.12. The molecule has 16 heavy (non-hydrogen) atoms. The van der Waals surface area contributed by atoms with Crippen molar-refractivity contribution in [2.45, 2.75) is 6.61 Å². The van der Waals surface area contributed by atoms with Crippen molar-refractivity contribution in [1.82, 2.24) is 0 Å². The Kier molecular flexibility index (Phi) is 4.17. The van der Waals surface area contributed by atoms with Gasteiger partial charge in [0.25, 0.3) is 0 Å². The third-order valence-electron chi connectivity index (χ3n) is 1.63. The molecule has 0 heterocycles. The standard InChI is InChI=1S/C9H6BrF3O3/c1-15-8(14)4-2-5(10)7(6(11)3-4)16-9(12)13/h2-3,9H,1H3. The van der Waals surface area contributed by atoms with Crippen molar-refractivity contribution in [3.05, 3.63) is 28.0 Å². The van der Waals surface area contributed by atoms with Gasteiger partial charge in [0.15, 0.2) is 11.6 Å². The summed E-state index contributed by atoms with van der Waals surface area (Å²) in [5, 5.41) is 0. The normalized spacial score (nSPS) is 10.4. The molecule has 0 amide bonds. The van der Waals surface area contributed by atoms with E-state index in [9.17, 15) is 18.0 Å². The van der Waals surface area contributed by atoms with Gasteiger partial charge >= 0.3 is 12.6 Å². The first kappa shape index (κ1) is 12.8. The Morgan fingerprint density at radius 2 is 2.06 bits per heavy atom. The van der Waals surface area contributed by atoms with Crippen LogP contribution in [0.15, 0.2) is 16.6 Å². The Balaban J connectivity index is 3.12. The summed E-state index contributed by atoms with van der Waals surface area (Å²) < 4.78 is 45.3. The van der Waals surface area contributed by atoms with E-state index in [1.54, 1.807) is 0 Å². The fourth-order valence-corrected chi connectivity index (χ4v) is 1.53. The van der Waals surface area contributed by atoms with Crippen LogP contribution in [-0.4, -0.2) is 19.7 Å². The predicted octanol–water partition coefficient (Wildman–Crippen LogP) is 2.98. The highest BCUT2D eigenvalue weighted by molar-refractivity contribution is 9.10. The molecule has 0 aliphatic rings. The van der Waals surface area contributed by atoms with Gasteiger partial charge in [-0.05, 0) is 28.1 Å². The molecule has 1 aromatic carbocycles. The van der Waals surface area contributed by atoms with Crippen LogP contribution in [0.4, 0.5) is 13.2 Å². The van der Waals surface area contributed by atoms with E-state index in [-0.39, 0.29) is 10.0 Å². The highest BCUT2D eigenvalue weighted by atomic mass is 79.9. The molecule has 7 heteroatoms. The van der Waals surface area contributed by atoms with Crippen molar-refractivity contribution in [2.24, 2.45) is 0 Å². The van der Waals surface area contributed by atoms with E-state index in [0.717, 1.165) is 19.2 Å². The Bertz CT molecular complexity index is 386. The predicted molar refractivity (Wildman–Crippen MR) is 52.1 cm³/mol. The molecule has 0 aliphatic carbocycles. The average Bonchev–Trinajstić information content (AvgIpc) is 2.21. The van der Waals surface area contributed by atoms with E-state index in [0.29, 0.717) is 0 Å². The molecule has 0 aromatic heterocycles. The lowest BCUT2D eigenvalue weighted by molar-refractivity contribution is -0.0527. The van der Waals surface area contributed by atoms with Crippen LogP contribution in [0.2, 0.25) is 0 Å². The second kappa shape index (κ2) is 5.20. The maximum Gasteiger partial charge on any atom is 0.387 e. The molecule has 0 N–H and O–H groups in total. The Labute approximate surface area is 97.3 Å². The van der Waals surface area contributed by atoms with E-state index in [1.165, 1.54) is 0 Å². The maximum absolute atomic E-state index is 13.3. The molecule has 0 saturated carbocycles. The molecule has 0 radical (unpaired) electrons. The van der Waals surface area contributed by atoms with Gasteiger partial charge in [-0.1, -0.05) is 0 Å². The Morgan fingerprint density at radius 1 is 1.44 bits per heavy atom. The molecule has 0 bridgehead atoms. The maximum atomic E-state index is 13.3. The topological polar surface area (TPSA) is 35.5 Å². The third-order valence-corrected chi connectivity index (χ3v) is 2.22. The number of carbonyl (C=O) groups is 1. The van der Waals surface area contributed by atoms with Crippen LogP contribution in [-0.2, 0) is 4.74 Å². The van der Waals surface area contributed by atoms with Crippen LogP contribution < -0.4 is 4.74 Å². The number of esters is 1. The first-order valence-electron chi connectivity index (χ1n) is 3.98. The monoisotopic (exact) mass is 298 g/mol. The molecule has 0 atom stereocenters. The highest BCUT2D eigenvalue weighted by Gasteiger charge is 2.17. The van der Waals surface area contributed by atoms with E-state index in [1.807, 2.05) is 0 Å². The molecule has 3 nitrogen and oxygen atoms in total. The van der Waals surface area contributed by atoms with Gasteiger partial charge in [-0.2, -0.15) is 8.78 Å². The van der Waals surface area contributed by atoms with Crippen molar-refractivity contribution in [3.8, 4) is 5.75 Å². The summed E-state index contributed by atoms with van der Waals surface area (Å²) in [5.74, 6) is -2.50.